The number of hydrogen-bond donors (Lipinski definition) is 16. The Morgan fingerprint density at radius 2 is 1.09 bits per heavy atom. The van der Waals surface area contributed by atoms with Crippen LogP contribution in [-0.2, 0) is 37.9 Å². The van der Waals surface area contributed by atoms with E-state index in [0.29, 0.717) is 32.1 Å². The molecule has 3 saturated carbocycles. The number of hydrogen-bond acceptors (Lipinski definition) is 24. The first-order chi connectivity index (χ1) is 36.4. The number of allylic oxidation sites excluding steroid dienone is 1. The lowest BCUT2D eigenvalue weighted by molar-refractivity contribution is -0.380. The van der Waals surface area contributed by atoms with Gasteiger partial charge in [-0.3, -0.25) is 0 Å². The smallest absolute Gasteiger partial charge is 0.187 e. The van der Waals surface area contributed by atoms with Crippen LogP contribution in [0.25, 0.3) is 0 Å². The summed E-state index contributed by atoms with van der Waals surface area (Å²) in [6.45, 7) is 13.5. The van der Waals surface area contributed by atoms with Crippen LogP contribution < -0.4 is 0 Å². The quantitative estimate of drug-likeness (QED) is 0.0637. The average molecular weight is 1130 g/mol. The summed E-state index contributed by atoms with van der Waals surface area (Å²) in [5.74, 6) is 0.223. The fraction of sp³-hybridized carbons (Fsp3) is 0.963. The lowest BCUT2D eigenvalue weighted by Crippen LogP contribution is -2.65. The van der Waals surface area contributed by atoms with Gasteiger partial charge in [0.2, 0.25) is 0 Å². The second-order valence-electron chi connectivity index (χ2n) is 25.9. The molecule has 3 unspecified atom stereocenters. The van der Waals surface area contributed by atoms with Crippen molar-refractivity contribution in [2.45, 2.75) is 253 Å². The van der Waals surface area contributed by atoms with E-state index in [4.69, 9.17) is 37.9 Å². The van der Waals surface area contributed by atoms with Gasteiger partial charge < -0.3 is 120 Å². The minimum Gasteiger partial charge on any atom is -0.394 e. The normalized spacial score (nSPS) is 51.4. The van der Waals surface area contributed by atoms with Crippen molar-refractivity contribution in [3.63, 3.8) is 0 Å². The number of aliphatic hydroxyl groups excluding tert-OH is 15. The van der Waals surface area contributed by atoms with Crippen LogP contribution in [0.2, 0.25) is 0 Å². The standard InChI is InChI=1S/C54H92O24/c1-22(23-15-16-52(6)30-12-10-24-25(54(30,8)31(58)17-53(23,52)7)11-14-32(50(24,2)3)76-47-43(68)39(64)35(60)27(19-56)73-47)9-13-33(51(4,5)70)77-49-45(78-48-44(69)40(65)36(61)28(20-57)74-48)41(66)37(62)29(75-49)21-71-46-42(67)38(63)34(59)26(18-55)72-46/h10,22-23,25-49,55-70H,9,11-21H2,1-8H3/t22-,23?,25?,26-,27-,28+,29-,30?,31-,32+,33-,34-,35-,36+,37-,38+,39+,40-,41+,42-,43-,44+,45-,46-,47+,48-,49+,52+,53-,54+/m1/s1. The van der Waals surface area contributed by atoms with Gasteiger partial charge in [0, 0.05) is 10.8 Å². The molecule has 0 aromatic carbocycles. The van der Waals surface area contributed by atoms with Crippen LogP contribution in [0.15, 0.2) is 11.6 Å². The van der Waals surface area contributed by atoms with Crippen molar-refractivity contribution in [1.29, 1.82) is 0 Å². The highest BCUT2D eigenvalue weighted by Gasteiger charge is 2.70. The minimum absolute atomic E-state index is 0.00555. The lowest BCUT2D eigenvalue weighted by Gasteiger charge is -2.67. The van der Waals surface area contributed by atoms with Gasteiger partial charge in [0.1, 0.15) is 97.7 Å². The zero-order valence-electron chi connectivity index (χ0n) is 46.1. The van der Waals surface area contributed by atoms with Gasteiger partial charge in [0.05, 0.1) is 50.3 Å². The second-order valence-corrected chi connectivity index (χ2v) is 25.9. The molecule has 78 heavy (non-hydrogen) atoms. The summed E-state index contributed by atoms with van der Waals surface area (Å²) < 4.78 is 47.7. The maximum absolute atomic E-state index is 12.7. The first kappa shape index (κ1) is 62.8. The van der Waals surface area contributed by atoms with Gasteiger partial charge in [0.25, 0.3) is 0 Å². The molecular weight excluding hydrogens is 1030 g/mol. The van der Waals surface area contributed by atoms with Gasteiger partial charge in [-0.2, -0.15) is 0 Å². The van der Waals surface area contributed by atoms with E-state index in [2.05, 4.69) is 47.6 Å². The first-order valence-electron chi connectivity index (χ1n) is 28.0. The third kappa shape index (κ3) is 11.0. The summed E-state index contributed by atoms with van der Waals surface area (Å²) in [6.07, 6.45) is -27.6. The van der Waals surface area contributed by atoms with Crippen LogP contribution in [0.4, 0.5) is 0 Å². The van der Waals surface area contributed by atoms with Crippen LogP contribution in [0, 0.1) is 45.3 Å². The number of fused-ring (bicyclic) bond motifs is 5. The Balaban J connectivity index is 0.987. The predicted octanol–water partition coefficient (Wildman–Crippen LogP) is -3.23. The molecule has 0 bridgehead atoms. The Morgan fingerprint density at radius 3 is 1.63 bits per heavy atom. The molecule has 7 fully saturated rings. The molecule has 8 rings (SSSR count). The van der Waals surface area contributed by atoms with E-state index in [-0.39, 0.29) is 40.9 Å². The fourth-order valence-electron chi connectivity index (χ4n) is 15.6. The molecule has 4 heterocycles. The van der Waals surface area contributed by atoms with Crippen LogP contribution in [0.3, 0.4) is 0 Å². The second kappa shape index (κ2) is 23.7. The monoisotopic (exact) mass is 1120 g/mol. The molecule has 0 radical (unpaired) electrons. The first-order valence-corrected chi connectivity index (χ1v) is 28.0. The van der Waals surface area contributed by atoms with E-state index < -0.39 is 184 Å². The Hall–Kier alpha value is -1.22. The molecule has 452 valence electrons. The summed E-state index contributed by atoms with van der Waals surface area (Å²) in [5, 5.41) is 172. The molecule has 0 aromatic heterocycles. The number of rotatable bonds is 17. The van der Waals surface area contributed by atoms with Crippen molar-refractivity contribution in [1.82, 2.24) is 0 Å². The van der Waals surface area contributed by atoms with Crippen molar-refractivity contribution in [2.24, 2.45) is 45.3 Å². The third-order valence-corrected chi connectivity index (χ3v) is 20.8. The molecule has 30 atom stereocenters. The molecule has 0 aromatic rings. The Kier molecular flexibility index (Phi) is 19.1. The van der Waals surface area contributed by atoms with Gasteiger partial charge in [-0.25, -0.2) is 0 Å². The van der Waals surface area contributed by atoms with E-state index in [9.17, 15) is 81.7 Å². The largest absolute Gasteiger partial charge is 0.394 e. The zero-order valence-corrected chi connectivity index (χ0v) is 46.1. The van der Waals surface area contributed by atoms with Gasteiger partial charge in [-0.15, -0.1) is 0 Å². The Morgan fingerprint density at radius 1 is 0.590 bits per heavy atom. The van der Waals surface area contributed by atoms with E-state index in [1.54, 1.807) is 0 Å². The minimum atomic E-state index is -1.93. The van der Waals surface area contributed by atoms with Crippen molar-refractivity contribution >= 4 is 0 Å². The summed E-state index contributed by atoms with van der Waals surface area (Å²) in [7, 11) is 0. The average Bonchev–Trinajstić information content (AvgIpc) is 3.21. The van der Waals surface area contributed by atoms with Crippen molar-refractivity contribution < 1.29 is 120 Å². The summed E-state index contributed by atoms with van der Waals surface area (Å²) in [6, 6.07) is 0. The molecule has 4 aliphatic carbocycles. The summed E-state index contributed by atoms with van der Waals surface area (Å²) >= 11 is 0. The molecule has 0 spiro atoms. The molecular formula is C54H92O24. The summed E-state index contributed by atoms with van der Waals surface area (Å²) in [5.41, 5.74) is -2.07. The van der Waals surface area contributed by atoms with Crippen molar-refractivity contribution in [3.05, 3.63) is 11.6 Å². The molecule has 24 heteroatoms. The highest BCUT2D eigenvalue weighted by Crippen LogP contribution is 2.75. The predicted molar refractivity (Wildman–Crippen MR) is 268 cm³/mol. The SMILES string of the molecule is C[C@H](CC[C@@H](O[C@@H]1O[C@H](CO[C@@H]2O[C@H](CO)[C@@H](O)[C@H](O)[C@H]2O)[C@@H](O)[C@H](O)[C@H]1O[C@H]1O[C@@H](CO)[C@H](O)[C@@H](O)[C@@H]1O)C(C)(C)O)C1CC[C@@]2(C)C3CC=C4C(CC[C@H](O[C@@H]5O[C@H](CO)[C@@H](O)[C@H](O)[C@H]5O)C4(C)C)[C@]3(C)[C@H](O)C[C@]12C. The molecule has 4 saturated heterocycles. The highest BCUT2D eigenvalue weighted by atomic mass is 16.8. The van der Waals surface area contributed by atoms with E-state index in [1.807, 2.05) is 0 Å². The van der Waals surface area contributed by atoms with Crippen LogP contribution in [0.5, 0.6) is 0 Å². The maximum atomic E-state index is 12.7. The van der Waals surface area contributed by atoms with Gasteiger partial charge in [0.15, 0.2) is 25.2 Å². The third-order valence-electron chi connectivity index (χ3n) is 20.8. The molecule has 8 aliphatic rings. The van der Waals surface area contributed by atoms with Crippen LogP contribution >= 0.6 is 0 Å². The van der Waals surface area contributed by atoms with Crippen molar-refractivity contribution in [3.8, 4) is 0 Å². The molecule has 24 nitrogen and oxygen atoms in total. The van der Waals surface area contributed by atoms with Gasteiger partial charge >= 0.3 is 0 Å². The molecule has 4 aliphatic heterocycles. The maximum Gasteiger partial charge on any atom is 0.187 e. The van der Waals surface area contributed by atoms with Gasteiger partial charge in [-0.05, 0) is 99.7 Å². The van der Waals surface area contributed by atoms with Crippen LogP contribution in [-0.4, -0.2) is 255 Å². The Labute approximate surface area is 455 Å². The van der Waals surface area contributed by atoms with E-state index in [0.717, 1.165) is 18.4 Å². The number of ether oxygens (including phenoxy) is 8. The number of aliphatic hydroxyl groups is 16. The van der Waals surface area contributed by atoms with E-state index >= 15 is 0 Å². The zero-order chi connectivity index (χ0) is 57.5. The fourth-order valence-corrected chi connectivity index (χ4v) is 15.6. The van der Waals surface area contributed by atoms with Gasteiger partial charge in [-0.1, -0.05) is 53.2 Å². The highest BCUT2D eigenvalue weighted by molar-refractivity contribution is 5.32. The van der Waals surface area contributed by atoms with E-state index in [1.165, 1.54) is 13.8 Å². The van der Waals surface area contributed by atoms with Crippen molar-refractivity contribution in [2.75, 3.05) is 26.4 Å². The summed E-state index contributed by atoms with van der Waals surface area (Å²) in [4.78, 5) is 0. The molecule has 16 N–H and O–H groups in total. The molecule has 0 amide bonds. The lowest BCUT2D eigenvalue weighted by atomic mass is 9.38. The topological polar surface area (TPSA) is 398 Å². The Bertz CT molecular complexity index is 2020. The van der Waals surface area contributed by atoms with Crippen LogP contribution in [0.1, 0.15) is 107 Å².